The molecule has 0 unspecified atom stereocenters. The lowest BCUT2D eigenvalue weighted by molar-refractivity contribution is 0.555. The molecule has 0 spiro atoms. The first-order chi connectivity index (χ1) is 6.79. The van der Waals surface area contributed by atoms with Crippen LogP contribution in [0.3, 0.4) is 0 Å². The normalized spacial score (nSPS) is 10.9. The average molecular weight is 210 g/mol. The zero-order chi connectivity index (χ0) is 9.97. The van der Waals surface area contributed by atoms with Crippen LogP contribution in [0.5, 0.6) is 0 Å². The van der Waals surface area contributed by atoms with E-state index in [0.717, 1.165) is 11.1 Å². The maximum Gasteiger partial charge on any atom is 0.417 e. The van der Waals surface area contributed by atoms with Crippen LogP contribution in [0.15, 0.2) is 27.4 Å². The third-order valence-electron chi connectivity index (χ3n) is 1.93. The molecule has 0 fully saturated rings. The summed E-state index contributed by atoms with van der Waals surface area (Å²) in [6.07, 6.45) is 0. The van der Waals surface area contributed by atoms with Gasteiger partial charge in [-0.2, -0.15) is 12.6 Å². The molecular weight excluding hydrogens is 200 g/mol. The molecule has 14 heavy (non-hydrogen) atoms. The largest absolute Gasteiger partial charge is 0.417 e. The summed E-state index contributed by atoms with van der Waals surface area (Å²) in [6, 6.07) is 5.60. The van der Waals surface area contributed by atoms with Crippen molar-refractivity contribution >= 4 is 23.7 Å². The first-order valence-corrected chi connectivity index (χ1v) is 4.86. The lowest BCUT2D eigenvalue weighted by atomic mass is 10.2. The number of benzene rings is 1. The summed E-state index contributed by atoms with van der Waals surface area (Å²) in [5, 5.41) is 3.07. The molecule has 0 atom stereocenters. The van der Waals surface area contributed by atoms with E-state index in [0.29, 0.717) is 18.0 Å². The number of hydrogen-bond donors (Lipinski definition) is 3. The number of hydrogen-bond acceptors (Lipinski definition) is 4. The van der Waals surface area contributed by atoms with Crippen LogP contribution in [0.1, 0.15) is 5.56 Å². The van der Waals surface area contributed by atoms with Crippen molar-refractivity contribution in [1.29, 1.82) is 0 Å². The van der Waals surface area contributed by atoms with Crippen molar-refractivity contribution in [1.82, 2.24) is 10.3 Å². The molecule has 0 radical (unpaired) electrons. The van der Waals surface area contributed by atoms with Crippen LogP contribution in [0.2, 0.25) is 0 Å². The second kappa shape index (κ2) is 3.89. The van der Waals surface area contributed by atoms with Gasteiger partial charge in [0.25, 0.3) is 0 Å². The Balaban J connectivity index is 2.35. The number of H-pyrrole nitrogens is 1. The number of nitrogens with one attached hydrogen (secondary N) is 2. The second-order valence-corrected chi connectivity index (χ2v) is 3.25. The topological polar surface area (TPSA) is 58.0 Å². The zero-order valence-electron chi connectivity index (χ0n) is 7.41. The Morgan fingerprint density at radius 2 is 2.36 bits per heavy atom. The molecule has 0 aliphatic carbocycles. The summed E-state index contributed by atoms with van der Waals surface area (Å²) >= 11 is 4.04. The highest BCUT2D eigenvalue weighted by Crippen LogP contribution is 2.11. The van der Waals surface area contributed by atoms with Crippen LogP contribution in [0.4, 0.5) is 0 Å². The molecule has 0 saturated carbocycles. The van der Waals surface area contributed by atoms with Gasteiger partial charge in [0.2, 0.25) is 0 Å². The quantitative estimate of drug-likeness (QED) is 0.525. The van der Waals surface area contributed by atoms with Crippen molar-refractivity contribution in [3.05, 3.63) is 34.3 Å². The monoisotopic (exact) mass is 210 g/mol. The first kappa shape index (κ1) is 9.36. The van der Waals surface area contributed by atoms with Crippen LogP contribution >= 0.6 is 12.6 Å². The van der Waals surface area contributed by atoms with Crippen LogP contribution in [-0.2, 0) is 6.54 Å². The van der Waals surface area contributed by atoms with Gasteiger partial charge >= 0.3 is 5.76 Å². The van der Waals surface area contributed by atoms with E-state index in [1.54, 1.807) is 0 Å². The first-order valence-electron chi connectivity index (χ1n) is 4.23. The summed E-state index contributed by atoms with van der Waals surface area (Å²) in [5.41, 5.74) is 2.38. The summed E-state index contributed by atoms with van der Waals surface area (Å²) < 4.78 is 4.93. The lowest BCUT2D eigenvalue weighted by Crippen LogP contribution is -2.09. The van der Waals surface area contributed by atoms with Gasteiger partial charge in [-0.1, -0.05) is 6.07 Å². The number of fused-ring (bicyclic) bond motifs is 1. The smallest absolute Gasteiger partial charge is 0.408 e. The van der Waals surface area contributed by atoms with Crippen LogP contribution < -0.4 is 11.1 Å². The molecule has 0 amide bonds. The molecule has 2 aromatic rings. The van der Waals surface area contributed by atoms with Gasteiger partial charge < -0.3 is 9.73 Å². The molecule has 0 saturated heterocycles. The fraction of sp³-hybridized carbons (Fsp3) is 0.222. The number of aromatic amines is 1. The number of thiol groups is 1. The van der Waals surface area contributed by atoms with Gasteiger partial charge in [-0.3, -0.25) is 4.98 Å². The molecule has 0 bridgehead atoms. The molecule has 5 heteroatoms. The van der Waals surface area contributed by atoms with E-state index in [-0.39, 0.29) is 0 Å². The average Bonchev–Trinajstić information content (AvgIpc) is 2.54. The van der Waals surface area contributed by atoms with Crippen molar-refractivity contribution in [2.75, 3.05) is 5.88 Å². The fourth-order valence-corrected chi connectivity index (χ4v) is 1.41. The summed E-state index contributed by atoms with van der Waals surface area (Å²) in [7, 11) is 0. The minimum Gasteiger partial charge on any atom is -0.408 e. The number of oxazole rings is 1. The highest BCUT2D eigenvalue weighted by atomic mass is 32.1. The van der Waals surface area contributed by atoms with E-state index in [1.807, 2.05) is 18.2 Å². The molecule has 2 N–H and O–H groups in total. The van der Waals surface area contributed by atoms with Crippen LogP contribution in [-0.4, -0.2) is 10.9 Å². The predicted octanol–water partition coefficient (Wildman–Crippen LogP) is 1.10. The third-order valence-corrected chi connectivity index (χ3v) is 2.15. The Hall–Kier alpha value is -1.20. The molecule has 1 heterocycles. The maximum absolute atomic E-state index is 10.9. The van der Waals surface area contributed by atoms with E-state index < -0.39 is 5.76 Å². The van der Waals surface area contributed by atoms with Crippen molar-refractivity contribution in [2.24, 2.45) is 0 Å². The molecule has 0 aliphatic heterocycles. The van der Waals surface area contributed by atoms with Gasteiger partial charge in [-0.15, -0.1) is 0 Å². The van der Waals surface area contributed by atoms with Crippen molar-refractivity contribution in [2.45, 2.75) is 6.54 Å². The van der Waals surface area contributed by atoms with E-state index in [2.05, 4.69) is 22.9 Å². The van der Waals surface area contributed by atoms with Gasteiger partial charge in [0.05, 0.1) is 5.52 Å². The molecule has 1 aromatic heterocycles. The van der Waals surface area contributed by atoms with Gasteiger partial charge in [0, 0.05) is 12.4 Å². The lowest BCUT2D eigenvalue weighted by Gasteiger charge is -2.00. The SMILES string of the molecule is O=c1[nH]c2ccc(CNCS)cc2o1. The van der Waals surface area contributed by atoms with Gasteiger partial charge in [-0.25, -0.2) is 4.79 Å². The maximum atomic E-state index is 10.9. The molecule has 2 rings (SSSR count). The van der Waals surface area contributed by atoms with Crippen LogP contribution in [0, 0.1) is 0 Å². The molecule has 1 aromatic carbocycles. The standard InChI is InChI=1S/C9H10N2O2S/c12-9-11-7-2-1-6(4-10-5-14)3-8(7)13-9/h1-3,10,14H,4-5H2,(H,11,12). The van der Waals surface area contributed by atoms with Gasteiger partial charge in [0.1, 0.15) is 0 Å². The summed E-state index contributed by atoms with van der Waals surface area (Å²) in [4.78, 5) is 13.4. The van der Waals surface area contributed by atoms with Crippen molar-refractivity contribution in [3.8, 4) is 0 Å². The Morgan fingerprint density at radius 3 is 3.14 bits per heavy atom. The fourth-order valence-electron chi connectivity index (χ4n) is 1.30. The molecule has 4 nitrogen and oxygen atoms in total. The second-order valence-electron chi connectivity index (χ2n) is 2.93. The van der Waals surface area contributed by atoms with Crippen molar-refractivity contribution < 1.29 is 4.42 Å². The van der Waals surface area contributed by atoms with Crippen LogP contribution in [0.25, 0.3) is 11.1 Å². The summed E-state index contributed by atoms with van der Waals surface area (Å²) in [6.45, 7) is 0.717. The zero-order valence-corrected chi connectivity index (χ0v) is 8.30. The molecule has 74 valence electrons. The van der Waals surface area contributed by atoms with E-state index in [1.165, 1.54) is 0 Å². The van der Waals surface area contributed by atoms with Gasteiger partial charge in [0.15, 0.2) is 5.58 Å². The highest BCUT2D eigenvalue weighted by molar-refractivity contribution is 7.80. The van der Waals surface area contributed by atoms with E-state index >= 15 is 0 Å². The Morgan fingerprint density at radius 1 is 1.50 bits per heavy atom. The third kappa shape index (κ3) is 1.83. The summed E-state index contributed by atoms with van der Waals surface area (Å²) in [5.74, 6) is 0.203. The van der Waals surface area contributed by atoms with Gasteiger partial charge in [-0.05, 0) is 17.7 Å². The Kier molecular flexibility index (Phi) is 2.60. The van der Waals surface area contributed by atoms with E-state index in [4.69, 9.17) is 4.42 Å². The number of rotatable bonds is 3. The van der Waals surface area contributed by atoms with E-state index in [9.17, 15) is 4.79 Å². The number of aromatic nitrogens is 1. The molecular formula is C9H10N2O2S. The Bertz CT molecular complexity index is 489. The predicted molar refractivity (Wildman–Crippen MR) is 57.5 cm³/mol. The minimum atomic E-state index is -0.417. The highest BCUT2D eigenvalue weighted by Gasteiger charge is 2.01. The Labute approximate surface area is 85.7 Å². The molecule has 0 aliphatic rings. The van der Waals surface area contributed by atoms with Crippen molar-refractivity contribution in [3.63, 3.8) is 0 Å². The minimum absolute atomic E-state index is 0.417.